The monoisotopic (exact) mass is 431 g/mol. The van der Waals surface area contributed by atoms with E-state index in [1.54, 1.807) is 60.9 Å². The number of aromatic nitrogens is 2. The Morgan fingerprint density at radius 3 is 2.77 bits per heavy atom. The molecule has 2 N–H and O–H groups in total. The van der Waals surface area contributed by atoms with Gasteiger partial charge < -0.3 is 19.3 Å². The Labute approximate surface area is 180 Å². The van der Waals surface area contributed by atoms with E-state index in [-0.39, 0.29) is 17.4 Å². The Morgan fingerprint density at radius 1 is 1.03 bits per heavy atom. The van der Waals surface area contributed by atoms with Crippen LogP contribution < -0.4 is 5.32 Å². The van der Waals surface area contributed by atoms with Gasteiger partial charge >= 0.3 is 0 Å². The van der Waals surface area contributed by atoms with Gasteiger partial charge in [0.25, 0.3) is 5.91 Å². The lowest BCUT2D eigenvalue weighted by Crippen LogP contribution is -2.10. The van der Waals surface area contributed by atoms with E-state index < -0.39 is 5.91 Å². The second-order valence-corrected chi connectivity index (χ2v) is 7.16. The van der Waals surface area contributed by atoms with Gasteiger partial charge in [-0.3, -0.25) is 9.78 Å². The third-order valence-electron chi connectivity index (χ3n) is 4.61. The summed E-state index contributed by atoms with van der Waals surface area (Å²) in [4.78, 5) is 21.0. The average molecular weight is 432 g/mol. The zero-order chi connectivity index (χ0) is 21.4. The molecule has 3 aromatic heterocycles. The highest BCUT2D eigenvalue weighted by atomic mass is 35.5. The smallest absolute Gasteiger partial charge is 0.291 e. The number of oxazole rings is 1. The van der Waals surface area contributed by atoms with Crippen molar-refractivity contribution < 1.29 is 18.7 Å². The van der Waals surface area contributed by atoms with Crippen molar-refractivity contribution in [3.05, 3.63) is 83.8 Å². The highest BCUT2D eigenvalue weighted by Gasteiger charge is 2.16. The number of furan rings is 1. The van der Waals surface area contributed by atoms with E-state index >= 15 is 0 Å². The number of hydrogen-bond acceptors (Lipinski definition) is 6. The molecule has 1 amide bonds. The van der Waals surface area contributed by atoms with Crippen LogP contribution >= 0.6 is 11.6 Å². The maximum Gasteiger partial charge on any atom is 0.291 e. The second kappa shape index (κ2) is 7.62. The van der Waals surface area contributed by atoms with Gasteiger partial charge in [-0.1, -0.05) is 23.7 Å². The van der Waals surface area contributed by atoms with Gasteiger partial charge in [-0.15, -0.1) is 0 Å². The summed E-state index contributed by atoms with van der Waals surface area (Å²) in [6.45, 7) is 0. The summed E-state index contributed by atoms with van der Waals surface area (Å²) in [7, 11) is 0. The molecule has 0 saturated heterocycles. The number of hydrogen-bond donors (Lipinski definition) is 2. The van der Waals surface area contributed by atoms with Gasteiger partial charge in [0, 0.05) is 28.5 Å². The van der Waals surface area contributed by atoms with E-state index in [0.29, 0.717) is 33.1 Å². The van der Waals surface area contributed by atoms with Crippen molar-refractivity contribution in [2.24, 2.45) is 0 Å². The molecule has 152 valence electrons. The van der Waals surface area contributed by atoms with Crippen LogP contribution in [0.3, 0.4) is 0 Å². The van der Waals surface area contributed by atoms with Crippen LogP contribution in [-0.2, 0) is 0 Å². The van der Waals surface area contributed by atoms with Crippen LogP contribution in [0.5, 0.6) is 5.75 Å². The fourth-order valence-corrected chi connectivity index (χ4v) is 3.32. The Kier molecular flexibility index (Phi) is 4.65. The number of phenols is 1. The number of nitrogens with zero attached hydrogens (tertiary/aromatic N) is 2. The molecule has 0 aliphatic heterocycles. The lowest BCUT2D eigenvalue weighted by Gasteiger charge is -2.06. The van der Waals surface area contributed by atoms with Crippen molar-refractivity contribution in [3.63, 3.8) is 0 Å². The van der Waals surface area contributed by atoms with E-state index in [0.717, 1.165) is 5.56 Å². The molecule has 3 heterocycles. The number of fused-ring (bicyclic) bond motifs is 1. The van der Waals surface area contributed by atoms with Gasteiger partial charge in [0.1, 0.15) is 17.0 Å². The molecular formula is C23H14ClN3O4. The van der Waals surface area contributed by atoms with Crippen molar-refractivity contribution >= 4 is 34.3 Å². The highest BCUT2D eigenvalue weighted by Crippen LogP contribution is 2.33. The number of rotatable bonds is 4. The summed E-state index contributed by atoms with van der Waals surface area (Å²) in [6, 6.07) is 16.7. The van der Waals surface area contributed by atoms with E-state index in [2.05, 4.69) is 15.3 Å². The van der Waals surface area contributed by atoms with Crippen LogP contribution in [-0.4, -0.2) is 21.0 Å². The van der Waals surface area contributed by atoms with Crippen molar-refractivity contribution in [1.82, 2.24) is 9.97 Å². The van der Waals surface area contributed by atoms with Crippen molar-refractivity contribution in [3.8, 4) is 28.5 Å². The van der Waals surface area contributed by atoms with E-state index in [1.807, 2.05) is 6.07 Å². The minimum Gasteiger partial charge on any atom is -0.507 e. The topological polar surface area (TPSA) is 101 Å². The number of carbonyl (C=O) groups is 1. The van der Waals surface area contributed by atoms with Crippen LogP contribution in [0.2, 0.25) is 5.02 Å². The Hall–Kier alpha value is -4.10. The third-order valence-corrected chi connectivity index (χ3v) is 4.85. The van der Waals surface area contributed by atoms with E-state index in [9.17, 15) is 9.90 Å². The summed E-state index contributed by atoms with van der Waals surface area (Å²) in [5.41, 5.74) is 2.66. The summed E-state index contributed by atoms with van der Waals surface area (Å²) in [5, 5.41) is 13.6. The first-order chi connectivity index (χ1) is 15.1. The number of amides is 1. The molecule has 31 heavy (non-hydrogen) atoms. The van der Waals surface area contributed by atoms with Crippen LogP contribution in [0.1, 0.15) is 10.6 Å². The van der Waals surface area contributed by atoms with E-state index in [1.165, 1.54) is 6.07 Å². The normalized spacial score (nSPS) is 11.0. The minimum absolute atomic E-state index is 0.0289. The van der Waals surface area contributed by atoms with Gasteiger partial charge in [-0.25, -0.2) is 4.98 Å². The van der Waals surface area contributed by atoms with Crippen LogP contribution in [0.15, 0.2) is 81.9 Å². The first-order valence-corrected chi connectivity index (χ1v) is 9.66. The third kappa shape index (κ3) is 3.74. The molecule has 0 aliphatic rings. The molecular weight excluding hydrogens is 418 g/mol. The molecule has 0 unspecified atom stereocenters. The molecule has 0 atom stereocenters. The number of aromatic hydroxyl groups is 1. The molecule has 5 aromatic rings. The first-order valence-electron chi connectivity index (χ1n) is 9.28. The number of benzene rings is 2. The van der Waals surface area contributed by atoms with Gasteiger partial charge in [-0.2, -0.15) is 0 Å². The number of pyridine rings is 1. The molecule has 0 aliphatic carbocycles. The van der Waals surface area contributed by atoms with Crippen LogP contribution in [0, 0.1) is 0 Å². The molecule has 0 saturated carbocycles. The molecule has 0 bridgehead atoms. The van der Waals surface area contributed by atoms with E-state index in [4.69, 9.17) is 20.4 Å². The number of phenolic OH excluding ortho intramolecular Hbond substituents is 1. The fraction of sp³-hybridized carbons (Fsp3) is 0. The molecule has 0 spiro atoms. The summed E-state index contributed by atoms with van der Waals surface area (Å²) >= 11 is 6.02. The van der Waals surface area contributed by atoms with Crippen molar-refractivity contribution in [1.29, 1.82) is 0 Å². The van der Waals surface area contributed by atoms with Crippen molar-refractivity contribution in [2.45, 2.75) is 0 Å². The highest BCUT2D eigenvalue weighted by molar-refractivity contribution is 6.30. The van der Waals surface area contributed by atoms with Gasteiger partial charge in [-0.05, 0) is 42.5 Å². The lowest BCUT2D eigenvalue weighted by atomic mass is 10.1. The number of nitrogens with one attached hydrogen (secondary N) is 1. The zero-order valence-corrected chi connectivity index (χ0v) is 16.6. The molecule has 0 radical (unpaired) electrons. The maximum absolute atomic E-state index is 12.7. The number of carbonyl (C=O) groups excluding carboxylic acids is 1. The lowest BCUT2D eigenvalue weighted by molar-refractivity contribution is 0.0997. The average Bonchev–Trinajstić information content (AvgIpc) is 3.42. The Morgan fingerprint density at radius 2 is 1.94 bits per heavy atom. The molecule has 7 nitrogen and oxygen atoms in total. The molecule has 8 heteroatoms. The molecule has 5 rings (SSSR count). The summed E-state index contributed by atoms with van der Waals surface area (Å²) < 4.78 is 11.4. The zero-order valence-electron chi connectivity index (χ0n) is 15.9. The van der Waals surface area contributed by atoms with Crippen molar-refractivity contribution in [2.75, 3.05) is 5.32 Å². The summed E-state index contributed by atoms with van der Waals surface area (Å²) in [5.74, 6) is 0.417. The quantitative estimate of drug-likeness (QED) is 0.351. The largest absolute Gasteiger partial charge is 0.507 e. The first kappa shape index (κ1) is 18.9. The van der Waals surface area contributed by atoms with Gasteiger partial charge in [0.05, 0.1) is 11.8 Å². The molecule has 0 fully saturated rings. The van der Waals surface area contributed by atoms with Gasteiger partial charge in [0.2, 0.25) is 5.89 Å². The standard InChI is InChI=1S/C23H14ClN3O4/c24-14-3-1-2-13(10-14)19-6-7-21(30-19)22(29)26-15-4-5-18(28)16(11-15)23-27-17-12-25-9-8-20(17)31-23/h1-12,28H,(H,26,29). The number of anilines is 1. The maximum atomic E-state index is 12.7. The fourth-order valence-electron chi connectivity index (χ4n) is 3.13. The Balaban J connectivity index is 1.40. The van der Waals surface area contributed by atoms with Crippen LogP contribution in [0.4, 0.5) is 5.69 Å². The van der Waals surface area contributed by atoms with Crippen LogP contribution in [0.25, 0.3) is 33.9 Å². The number of halogens is 1. The predicted molar refractivity (Wildman–Crippen MR) is 116 cm³/mol. The van der Waals surface area contributed by atoms with Gasteiger partial charge in [0.15, 0.2) is 11.3 Å². The SMILES string of the molecule is O=C(Nc1ccc(O)c(-c2nc3cnccc3o2)c1)c1ccc(-c2cccc(Cl)c2)o1. The summed E-state index contributed by atoms with van der Waals surface area (Å²) in [6.07, 6.45) is 3.16. The second-order valence-electron chi connectivity index (χ2n) is 6.72. The minimum atomic E-state index is -0.438. The Bertz CT molecular complexity index is 1390. The molecule has 2 aromatic carbocycles. The predicted octanol–water partition coefficient (Wildman–Crippen LogP) is 5.76.